The lowest BCUT2D eigenvalue weighted by Gasteiger charge is -2.31. The lowest BCUT2D eigenvalue weighted by Crippen LogP contribution is -2.36. The minimum Gasteiger partial charge on any atom is -0.380 e. The zero-order valence-electron chi connectivity index (χ0n) is 13.4. The number of ether oxygens (including phenoxy) is 2. The first-order chi connectivity index (χ1) is 11.1. The van der Waals surface area contributed by atoms with Crippen molar-refractivity contribution < 1.29 is 18.3 Å². The fraction of sp³-hybridized carbons (Fsp3) is 0.368. The summed E-state index contributed by atoms with van der Waals surface area (Å²) in [5.41, 5.74) is 2.78. The first-order valence-electron chi connectivity index (χ1n) is 7.88. The van der Waals surface area contributed by atoms with Crippen molar-refractivity contribution in [3.05, 3.63) is 59.2 Å². The molecule has 2 aromatic rings. The van der Waals surface area contributed by atoms with Gasteiger partial charge in [0.1, 0.15) is 11.6 Å². The zero-order valence-corrected chi connectivity index (χ0v) is 13.4. The zero-order chi connectivity index (χ0) is 16.4. The highest BCUT2D eigenvalue weighted by atomic mass is 19.1. The van der Waals surface area contributed by atoms with Gasteiger partial charge in [0.05, 0.1) is 18.6 Å². The molecule has 1 aliphatic carbocycles. The number of benzene rings is 2. The van der Waals surface area contributed by atoms with Crippen LogP contribution in [0.25, 0.3) is 11.1 Å². The average molecular weight is 318 g/mol. The summed E-state index contributed by atoms with van der Waals surface area (Å²) in [6.07, 6.45) is 0. The van der Waals surface area contributed by atoms with Gasteiger partial charge in [0.25, 0.3) is 0 Å². The summed E-state index contributed by atoms with van der Waals surface area (Å²) in [5.74, 6) is -0.662. The third kappa shape index (κ3) is 2.66. The second-order valence-corrected chi connectivity index (χ2v) is 5.74. The monoisotopic (exact) mass is 318 g/mol. The van der Waals surface area contributed by atoms with E-state index in [9.17, 15) is 8.78 Å². The Morgan fingerprint density at radius 1 is 0.783 bits per heavy atom. The molecule has 2 nitrogen and oxygen atoms in total. The van der Waals surface area contributed by atoms with E-state index in [1.54, 1.807) is 12.1 Å². The lowest BCUT2D eigenvalue weighted by molar-refractivity contribution is 0.0451. The molecule has 3 rings (SSSR count). The standard InChI is InChI=1S/C19H20F2O2/c1-3-22-11-19(12-23-4-2)17-7-5-13(20)9-15(17)16-10-14(21)6-8-18(16)19/h5-10H,3-4,11-12H2,1-2H3. The third-order valence-corrected chi connectivity index (χ3v) is 4.39. The highest BCUT2D eigenvalue weighted by Gasteiger charge is 2.44. The Bertz CT molecular complexity index is 651. The molecule has 0 spiro atoms. The van der Waals surface area contributed by atoms with E-state index in [1.807, 2.05) is 13.8 Å². The van der Waals surface area contributed by atoms with E-state index in [-0.39, 0.29) is 11.6 Å². The van der Waals surface area contributed by atoms with Crippen LogP contribution in [0, 0.1) is 11.6 Å². The predicted molar refractivity (Wildman–Crippen MR) is 85.6 cm³/mol. The molecule has 4 heteroatoms. The van der Waals surface area contributed by atoms with Crippen LogP contribution in [-0.2, 0) is 14.9 Å². The van der Waals surface area contributed by atoms with E-state index in [1.165, 1.54) is 24.3 Å². The second kappa shape index (κ2) is 6.38. The fourth-order valence-electron chi connectivity index (χ4n) is 3.36. The molecular formula is C19H20F2O2. The minimum atomic E-state index is -0.530. The summed E-state index contributed by atoms with van der Waals surface area (Å²) in [7, 11) is 0. The van der Waals surface area contributed by atoms with Crippen molar-refractivity contribution in [2.75, 3.05) is 26.4 Å². The van der Waals surface area contributed by atoms with E-state index < -0.39 is 5.41 Å². The maximum absolute atomic E-state index is 13.8. The number of hydrogen-bond donors (Lipinski definition) is 0. The molecule has 0 heterocycles. The quantitative estimate of drug-likeness (QED) is 0.790. The van der Waals surface area contributed by atoms with Crippen molar-refractivity contribution in [1.29, 1.82) is 0 Å². The summed E-state index contributed by atoms with van der Waals surface area (Å²) in [4.78, 5) is 0. The molecule has 122 valence electrons. The van der Waals surface area contributed by atoms with Crippen molar-refractivity contribution in [2.24, 2.45) is 0 Å². The molecule has 0 atom stereocenters. The number of rotatable bonds is 6. The minimum absolute atomic E-state index is 0.331. The lowest BCUT2D eigenvalue weighted by atomic mass is 9.79. The first-order valence-corrected chi connectivity index (χ1v) is 7.88. The topological polar surface area (TPSA) is 18.5 Å². The first kappa shape index (κ1) is 16.1. The van der Waals surface area contributed by atoms with Crippen LogP contribution in [0.1, 0.15) is 25.0 Å². The Balaban J connectivity index is 2.22. The van der Waals surface area contributed by atoms with Gasteiger partial charge < -0.3 is 9.47 Å². The van der Waals surface area contributed by atoms with Gasteiger partial charge in [-0.3, -0.25) is 0 Å². The van der Waals surface area contributed by atoms with E-state index in [2.05, 4.69) is 0 Å². The normalized spacial score (nSPS) is 14.6. The molecule has 0 aliphatic heterocycles. The largest absolute Gasteiger partial charge is 0.380 e. The van der Waals surface area contributed by atoms with Gasteiger partial charge >= 0.3 is 0 Å². The van der Waals surface area contributed by atoms with Crippen molar-refractivity contribution in [2.45, 2.75) is 19.3 Å². The van der Waals surface area contributed by atoms with Crippen LogP contribution in [0.3, 0.4) is 0 Å². The Hall–Kier alpha value is -1.78. The van der Waals surface area contributed by atoms with E-state index >= 15 is 0 Å². The van der Waals surface area contributed by atoms with Gasteiger partial charge in [-0.15, -0.1) is 0 Å². The molecule has 0 N–H and O–H groups in total. The molecule has 0 unspecified atom stereocenters. The van der Waals surface area contributed by atoms with E-state index in [0.29, 0.717) is 26.4 Å². The van der Waals surface area contributed by atoms with Crippen molar-refractivity contribution in [3.63, 3.8) is 0 Å². The molecule has 0 aromatic heterocycles. The van der Waals surface area contributed by atoms with E-state index in [4.69, 9.17) is 9.47 Å². The third-order valence-electron chi connectivity index (χ3n) is 4.39. The molecule has 0 saturated carbocycles. The fourth-order valence-corrected chi connectivity index (χ4v) is 3.36. The highest BCUT2D eigenvalue weighted by molar-refractivity contribution is 5.81. The molecule has 0 saturated heterocycles. The van der Waals surface area contributed by atoms with Gasteiger partial charge in [0, 0.05) is 13.2 Å². The van der Waals surface area contributed by atoms with Crippen LogP contribution in [0.5, 0.6) is 0 Å². The summed E-state index contributed by atoms with van der Waals surface area (Å²) < 4.78 is 39.0. The van der Waals surface area contributed by atoms with Gasteiger partial charge in [-0.25, -0.2) is 8.78 Å². The van der Waals surface area contributed by atoms with Gasteiger partial charge in [0.2, 0.25) is 0 Å². The molecule has 0 bridgehead atoms. The van der Waals surface area contributed by atoms with Crippen molar-refractivity contribution in [3.8, 4) is 11.1 Å². The summed E-state index contributed by atoms with van der Waals surface area (Å²) in [6, 6.07) is 9.34. The molecule has 1 aliphatic rings. The van der Waals surface area contributed by atoms with Gasteiger partial charge in [-0.05, 0) is 60.4 Å². The summed E-state index contributed by atoms with van der Waals surface area (Å²) in [5, 5.41) is 0. The second-order valence-electron chi connectivity index (χ2n) is 5.74. The maximum Gasteiger partial charge on any atom is 0.123 e. The predicted octanol–water partition coefficient (Wildman–Crippen LogP) is 4.30. The molecule has 0 fully saturated rings. The van der Waals surface area contributed by atoms with Crippen LogP contribution in [0.4, 0.5) is 8.78 Å². The number of hydrogen-bond acceptors (Lipinski definition) is 2. The van der Waals surface area contributed by atoms with Gasteiger partial charge in [-0.1, -0.05) is 12.1 Å². The Kier molecular flexibility index (Phi) is 4.46. The van der Waals surface area contributed by atoms with Crippen LogP contribution in [0.15, 0.2) is 36.4 Å². The Morgan fingerprint density at radius 3 is 1.61 bits per heavy atom. The summed E-state index contributed by atoms with van der Waals surface area (Å²) >= 11 is 0. The van der Waals surface area contributed by atoms with Crippen LogP contribution in [-0.4, -0.2) is 26.4 Å². The average Bonchev–Trinajstić information content (AvgIpc) is 2.80. The van der Waals surface area contributed by atoms with Gasteiger partial charge in [-0.2, -0.15) is 0 Å². The smallest absolute Gasteiger partial charge is 0.123 e. The van der Waals surface area contributed by atoms with Gasteiger partial charge in [0.15, 0.2) is 0 Å². The maximum atomic E-state index is 13.8. The number of fused-ring (bicyclic) bond motifs is 3. The van der Waals surface area contributed by atoms with Crippen LogP contribution in [0.2, 0.25) is 0 Å². The van der Waals surface area contributed by atoms with Crippen molar-refractivity contribution >= 4 is 0 Å². The molecule has 0 radical (unpaired) electrons. The van der Waals surface area contributed by atoms with Crippen LogP contribution >= 0.6 is 0 Å². The van der Waals surface area contributed by atoms with Crippen molar-refractivity contribution in [1.82, 2.24) is 0 Å². The highest BCUT2D eigenvalue weighted by Crippen LogP contribution is 2.49. The SMILES string of the molecule is CCOCC1(COCC)c2ccc(F)cc2-c2cc(F)ccc21. The Morgan fingerprint density at radius 2 is 1.22 bits per heavy atom. The van der Waals surface area contributed by atoms with E-state index in [0.717, 1.165) is 22.3 Å². The molecular weight excluding hydrogens is 298 g/mol. The molecule has 0 amide bonds. The molecule has 23 heavy (non-hydrogen) atoms. The summed E-state index contributed by atoms with van der Waals surface area (Å²) in [6.45, 7) is 5.84. The Labute approximate surface area is 135 Å². The number of halogens is 2. The molecule has 2 aromatic carbocycles. The van der Waals surface area contributed by atoms with Crippen LogP contribution < -0.4 is 0 Å².